The van der Waals surface area contributed by atoms with Crippen LogP contribution in [0.5, 0.6) is 0 Å². The van der Waals surface area contributed by atoms with Crippen molar-refractivity contribution in [2.45, 2.75) is 78.8 Å². The summed E-state index contributed by atoms with van der Waals surface area (Å²) in [5.74, 6) is 1.70. The van der Waals surface area contributed by atoms with Crippen molar-refractivity contribution < 1.29 is 0 Å². The molecule has 0 saturated heterocycles. The fraction of sp³-hybridized carbons (Fsp3) is 0.833. The SMILES string of the molecule is CCNC(c1cc(CC)nn1CC)C1CCCC(CC)C1. The molecule has 21 heavy (non-hydrogen) atoms. The Labute approximate surface area is 130 Å². The summed E-state index contributed by atoms with van der Waals surface area (Å²) in [6, 6.07) is 2.82. The van der Waals surface area contributed by atoms with Gasteiger partial charge in [0.05, 0.1) is 17.4 Å². The maximum absolute atomic E-state index is 4.76. The monoisotopic (exact) mass is 291 g/mol. The molecule has 1 aliphatic rings. The average Bonchev–Trinajstić information content (AvgIpc) is 2.95. The lowest BCUT2D eigenvalue weighted by Gasteiger charge is -2.35. The highest BCUT2D eigenvalue weighted by Crippen LogP contribution is 2.38. The van der Waals surface area contributed by atoms with Gasteiger partial charge in [-0.05, 0) is 50.6 Å². The van der Waals surface area contributed by atoms with Crippen molar-refractivity contribution in [1.82, 2.24) is 15.1 Å². The van der Waals surface area contributed by atoms with Gasteiger partial charge in [-0.2, -0.15) is 5.10 Å². The first-order valence-electron chi connectivity index (χ1n) is 9.03. The van der Waals surface area contributed by atoms with E-state index in [-0.39, 0.29) is 0 Å². The van der Waals surface area contributed by atoms with Crippen LogP contribution < -0.4 is 5.32 Å². The first kappa shape index (κ1) is 16.5. The van der Waals surface area contributed by atoms with Gasteiger partial charge in [-0.1, -0.05) is 40.0 Å². The molecule has 1 aromatic heterocycles. The molecule has 0 aromatic carbocycles. The minimum absolute atomic E-state index is 0.483. The molecule has 1 heterocycles. The Morgan fingerprint density at radius 1 is 1.29 bits per heavy atom. The van der Waals surface area contributed by atoms with E-state index in [0.717, 1.165) is 31.3 Å². The van der Waals surface area contributed by atoms with Crippen LogP contribution in [0.4, 0.5) is 0 Å². The number of hydrogen-bond acceptors (Lipinski definition) is 2. The van der Waals surface area contributed by atoms with Crippen molar-refractivity contribution >= 4 is 0 Å². The average molecular weight is 291 g/mol. The Balaban J connectivity index is 2.23. The second-order valence-electron chi connectivity index (χ2n) is 6.47. The van der Waals surface area contributed by atoms with Gasteiger partial charge in [0.1, 0.15) is 0 Å². The Morgan fingerprint density at radius 2 is 2.10 bits per heavy atom. The van der Waals surface area contributed by atoms with Gasteiger partial charge < -0.3 is 5.32 Å². The Kier molecular flexibility index (Phi) is 6.28. The zero-order chi connectivity index (χ0) is 15.2. The Morgan fingerprint density at radius 3 is 2.71 bits per heavy atom. The predicted octanol–water partition coefficient (Wildman–Crippen LogP) is 4.33. The molecule has 3 nitrogen and oxygen atoms in total. The van der Waals surface area contributed by atoms with E-state index in [2.05, 4.69) is 43.8 Å². The van der Waals surface area contributed by atoms with E-state index in [0.29, 0.717) is 6.04 Å². The summed E-state index contributed by atoms with van der Waals surface area (Å²) in [6.07, 6.45) is 7.93. The van der Waals surface area contributed by atoms with E-state index < -0.39 is 0 Å². The molecule has 3 unspecified atom stereocenters. The smallest absolute Gasteiger partial charge is 0.0625 e. The van der Waals surface area contributed by atoms with Crippen LogP contribution in [0, 0.1) is 11.8 Å². The molecule has 1 saturated carbocycles. The maximum atomic E-state index is 4.76. The number of rotatable bonds is 7. The van der Waals surface area contributed by atoms with Gasteiger partial charge in [0.15, 0.2) is 0 Å². The van der Waals surface area contributed by atoms with E-state index >= 15 is 0 Å². The normalized spacial score (nSPS) is 24.2. The summed E-state index contributed by atoms with van der Waals surface area (Å²) in [7, 11) is 0. The van der Waals surface area contributed by atoms with Gasteiger partial charge in [0.2, 0.25) is 0 Å². The first-order chi connectivity index (χ1) is 10.2. The molecule has 0 radical (unpaired) electrons. The minimum Gasteiger partial charge on any atom is -0.309 e. The van der Waals surface area contributed by atoms with Crippen LogP contribution in [-0.4, -0.2) is 16.3 Å². The molecule has 2 rings (SSSR count). The Hall–Kier alpha value is -0.830. The lowest BCUT2D eigenvalue weighted by atomic mass is 9.76. The van der Waals surface area contributed by atoms with Crippen LogP contribution >= 0.6 is 0 Å². The summed E-state index contributed by atoms with van der Waals surface area (Å²) >= 11 is 0. The number of aromatic nitrogens is 2. The summed E-state index contributed by atoms with van der Waals surface area (Å²) in [5, 5.41) is 8.53. The summed E-state index contributed by atoms with van der Waals surface area (Å²) in [6.45, 7) is 11.0. The van der Waals surface area contributed by atoms with Crippen LogP contribution in [-0.2, 0) is 13.0 Å². The van der Waals surface area contributed by atoms with Crippen molar-refractivity contribution in [1.29, 1.82) is 0 Å². The quantitative estimate of drug-likeness (QED) is 0.810. The van der Waals surface area contributed by atoms with Crippen LogP contribution in [0.1, 0.15) is 77.2 Å². The lowest BCUT2D eigenvalue weighted by molar-refractivity contribution is 0.205. The molecule has 1 N–H and O–H groups in total. The molecule has 3 atom stereocenters. The van der Waals surface area contributed by atoms with Gasteiger partial charge in [0, 0.05) is 6.54 Å². The molecule has 1 aromatic rings. The zero-order valence-electron chi connectivity index (χ0n) is 14.4. The third kappa shape index (κ3) is 3.88. The van der Waals surface area contributed by atoms with Crippen molar-refractivity contribution in [2.75, 3.05) is 6.54 Å². The van der Waals surface area contributed by atoms with Crippen LogP contribution in [0.15, 0.2) is 6.07 Å². The van der Waals surface area contributed by atoms with E-state index in [4.69, 9.17) is 5.10 Å². The molecule has 0 spiro atoms. The molecule has 1 aliphatic carbocycles. The summed E-state index contributed by atoms with van der Waals surface area (Å²) in [5.41, 5.74) is 2.65. The van der Waals surface area contributed by atoms with Crippen LogP contribution in [0.3, 0.4) is 0 Å². The van der Waals surface area contributed by atoms with Gasteiger partial charge in [-0.3, -0.25) is 4.68 Å². The molecule has 0 amide bonds. The minimum atomic E-state index is 0.483. The highest BCUT2D eigenvalue weighted by Gasteiger charge is 2.30. The number of hydrogen-bond donors (Lipinski definition) is 1. The van der Waals surface area contributed by atoms with Gasteiger partial charge >= 0.3 is 0 Å². The van der Waals surface area contributed by atoms with Crippen molar-refractivity contribution in [3.63, 3.8) is 0 Å². The second kappa shape index (κ2) is 7.98. The van der Waals surface area contributed by atoms with Crippen LogP contribution in [0.25, 0.3) is 0 Å². The number of aryl methyl sites for hydroxylation is 2. The highest BCUT2D eigenvalue weighted by atomic mass is 15.3. The van der Waals surface area contributed by atoms with E-state index in [1.165, 1.54) is 43.5 Å². The van der Waals surface area contributed by atoms with Gasteiger partial charge in [-0.15, -0.1) is 0 Å². The lowest BCUT2D eigenvalue weighted by Crippen LogP contribution is -2.33. The topological polar surface area (TPSA) is 29.9 Å². The van der Waals surface area contributed by atoms with Gasteiger partial charge in [-0.25, -0.2) is 0 Å². The third-order valence-corrected chi connectivity index (χ3v) is 5.14. The van der Waals surface area contributed by atoms with Crippen molar-refractivity contribution in [2.24, 2.45) is 11.8 Å². The molecular formula is C18H33N3. The number of nitrogens with zero attached hydrogens (tertiary/aromatic N) is 2. The van der Waals surface area contributed by atoms with Gasteiger partial charge in [0.25, 0.3) is 0 Å². The molecular weight excluding hydrogens is 258 g/mol. The van der Waals surface area contributed by atoms with Crippen molar-refractivity contribution in [3.05, 3.63) is 17.5 Å². The largest absolute Gasteiger partial charge is 0.309 e. The standard InChI is InChI=1S/C18H33N3/c1-5-14-10-9-11-15(12-14)18(19-7-3)17-13-16(6-2)20-21(17)8-4/h13-15,18-19H,5-12H2,1-4H3. The van der Waals surface area contributed by atoms with E-state index in [1.54, 1.807) is 0 Å². The highest BCUT2D eigenvalue weighted by molar-refractivity contribution is 5.16. The third-order valence-electron chi connectivity index (χ3n) is 5.14. The van der Waals surface area contributed by atoms with Crippen LogP contribution in [0.2, 0.25) is 0 Å². The maximum Gasteiger partial charge on any atom is 0.0625 e. The fourth-order valence-corrected chi connectivity index (χ4v) is 3.90. The number of nitrogens with one attached hydrogen (secondary N) is 1. The van der Waals surface area contributed by atoms with E-state index in [9.17, 15) is 0 Å². The molecule has 0 aliphatic heterocycles. The molecule has 3 heteroatoms. The second-order valence-corrected chi connectivity index (χ2v) is 6.47. The van der Waals surface area contributed by atoms with E-state index in [1.807, 2.05) is 0 Å². The molecule has 1 fully saturated rings. The fourth-order valence-electron chi connectivity index (χ4n) is 3.90. The molecule has 120 valence electrons. The zero-order valence-corrected chi connectivity index (χ0v) is 14.4. The Bertz CT molecular complexity index is 424. The predicted molar refractivity (Wildman–Crippen MR) is 89.4 cm³/mol. The van der Waals surface area contributed by atoms with Crippen molar-refractivity contribution in [3.8, 4) is 0 Å². The summed E-state index contributed by atoms with van der Waals surface area (Å²) in [4.78, 5) is 0. The summed E-state index contributed by atoms with van der Waals surface area (Å²) < 4.78 is 2.22. The first-order valence-corrected chi connectivity index (χ1v) is 9.03. The molecule has 0 bridgehead atoms.